The van der Waals surface area contributed by atoms with E-state index < -0.39 is 5.97 Å². The van der Waals surface area contributed by atoms with Crippen molar-refractivity contribution in [1.82, 2.24) is 4.98 Å². The lowest BCUT2D eigenvalue weighted by molar-refractivity contribution is 0.0698. The molecule has 0 atom stereocenters. The summed E-state index contributed by atoms with van der Waals surface area (Å²) in [6, 6.07) is 6.87. The van der Waals surface area contributed by atoms with Gasteiger partial charge in [-0.2, -0.15) is 0 Å². The molecule has 4 heteroatoms. The number of hydrogen-bond acceptors (Lipinski definition) is 3. The zero-order valence-electron chi connectivity index (χ0n) is 7.18. The van der Waals surface area contributed by atoms with Crippen LogP contribution in [0.2, 0.25) is 0 Å². The van der Waals surface area contributed by atoms with Gasteiger partial charge in [0.2, 0.25) is 0 Å². The number of benzene rings is 1. The van der Waals surface area contributed by atoms with Crippen LogP contribution in [0.15, 0.2) is 35.8 Å². The highest BCUT2D eigenvalue weighted by Crippen LogP contribution is 2.25. The lowest BCUT2D eigenvalue weighted by atomic mass is 10.1. The summed E-state index contributed by atoms with van der Waals surface area (Å²) in [5.74, 6) is -0.921. The molecule has 3 nitrogen and oxygen atoms in total. The molecule has 0 radical (unpaired) electrons. The Bertz CT molecular complexity index is 451. The normalized spacial score (nSPS) is 10.0. The minimum atomic E-state index is -0.921. The maximum absolute atomic E-state index is 10.9. The third-order valence-corrected chi connectivity index (χ3v) is 2.63. The second-order valence-corrected chi connectivity index (χ2v) is 3.58. The predicted octanol–water partition coefficient (Wildman–Crippen LogP) is 2.51. The van der Waals surface area contributed by atoms with Gasteiger partial charge >= 0.3 is 5.97 Å². The molecule has 14 heavy (non-hydrogen) atoms. The lowest BCUT2D eigenvalue weighted by Crippen LogP contribution is -1.98. The number of carboxylic acids is 1. The highest BCUT2D eigenvalue weighted by atomic mass is 32.1. The minimum absolute atomic E-state index is 0.294. The number of nitrogens with zero attached hydrogens (tertiary/aromatic N) is 1. The van der Waals surface area contributed by atoms with Gasteiger partial charge in [0.15, 0.2) is 0 Å². The van der Waals surface area contributed by atoms with Crippen molar-refractivity contribution in [1.29, 1.82) is 0 Å². The van der Waals surface area contributed by atoms with E-state index in [1.54, 1.807) is 24.4 Å². The Balaban J connectivity index is 2.58. The summed E-state index contributed by atoms with van der Waals surface area (Å²) in [6.07, 6.45) is 1.67. The number of thiazole rings is 1. The summed E-state index contributed by atoms with van der Waals surface area (Å²) in [5.41, 5.74) is 0.970. The number of hydrogen-bond donors (Lipinski definition) is 1. The van der Waals surface area contributed by atoms with E-state index in [9.17, 15) is 4.79 Å². The average Bonchev–Trinajstić information content (AvgIpc) is 2.70. The molecule has 0 amide bonds. The Labute approximate surface area is 84.7 Å². The van der Waals surface area contributed by atoms with Crippen molar-refractivity contribution in [2.75, 3.05) is 0 Å². The van der Waals surface area contributed by atoms with Crippen molar-refractivity contribution in [3.8, 4) is 10.6 Å². The van der Waals surface area contributed by atoms with E-state index in [0.29, 0.717) is 11.1 Å². The molecule has 0 fully saturated rings. The van der Waals surface area contributed by atoms with E-state index in [1.165, 1.54) is 11.3 Å². The summed E-state index contributed by atoms with van der Waals surface area (Å²) >= 11 is 1.43. The van der Waals surface area contributed by atoms with Crippen molar-refractivity contribution < 1.29 is 9.90 Å². The van der Waals surface area contributed by atoms with Gasteiger partial charge in [-0.05, 0) is 6.07 Å². The molecule has 2 rings (SSSR count). The predicted molar refractivity (Wildman–Crippen MR) is 54.5 cm³/mol. The molecule has 2 aromatic rings. The molecule has 70 valence electrons. The first-order chi connectivity index (χ1) is 6.79. The van der Waals surface area contributed by atoms with Crippen LogP contribution < -0.4 is 0 Å². The Hall–Kier alpha value is -1.68. The molecule has 1 heterocycles. The third kappa shape index (κ3) is 1.52. The van der Waals surface area contributed by atoms with Gasteiger partial charge in [-0.25, -0.2) is 9.78 Å². The van der Waals surface area contributed by atoms with E-state index in [-0.39, 0.29) is 0 Å². The monoisotopic (exact) mass is 205 g/mol. The summed E-state index contributed by atoms with van der Waals surface area (Å²) in [6.45, 7) is 0. The third-order valence-electron chi connectivity index (χ3n) is 1.82. The molecular formula is C10H7NO2S. The molecule has 1 N–H and O–H groups in total. The second-order valence-electron chi connectivity index (χ2n) is 2.69. The first-order valence-electron chi connectivity index (χ1n) is 4.01. The fourth-order valence-electron chi connectivity index (χ4n) is 1.21. The van der Waals surface area contributed by atoms with Gasteiger partial charge in [-0.15, -0.1) is 11.3 Å². The van der Waals surface area contributed by atoms with E-state index in [0.717, 1.165) is 5.01 Å². The quantitative estimate of drug-likeness (QED) is 0.819. The Morgan fingerprint density at radius 1 is 1.36 bits per heavy atom. The first kappa shape index (κ1) is 8.90. The van der Waals surface area contributed by atoms with Crippen LogP contribution in [-0.4, -0.2) is 16.1 Å². The number of carboxylic acid groups (broad SMARTS) is 1. The Kier molecular flexibility index (Phi) is 2.28. The van der Waals surface area contributed by atoms with Crippen LogP contribution in [0.25, 0.3) is 10.6 Å². The number of rotatable bonds is 2. The zero-order valence-corrected chi connectivity index (χ0v) is 7.99. The summed E-state index contributed by atoms with van der Waals surface area (Å²) in [4.78, 5) is 15.0. The first-order valence-corrected chi connectivity index (χ1v) is 4.89. The molecule has 0 saturated heterocycles. The Morgan fingerprint density at radius 3 is 2.79 bits per heavy atom. The highest BCUT2D eigenvalue weighted by molar-refractivity contribution is 7.13. The van der Waals surface area contributed by atoms with Crippen LogP contribution in [-0.2, 0) is 0 Å². The molecule has 1 aromatic heterocycles. The molecule has 0 aliphatic heterocycles. The van der Waals surface area contributed by atoms with Gasteiger partial charge in [0, 0.05) is 17.1 Å². The van der Waals surface area contributed by atoms with Gasteiger partial charge < -0.3 is 5.11 Å². The van der Waals surface area contributed by atoms with Crippen LogP contribution in [0.3, 0.4) is 0 Å². The van der Waals surface area contributed by atoms with Crippen molar-refractivity contribution in [2.24, 2.45) is 0 Å². The summed E-state index contributed by atoms with van der Waals surface area (Å²) < 4.78 is 0. The van der Waals surface area contributed by atoms with E-state index in [2.05, 4.69) is 4.98 Å². The van der Waals surface area contributed by atoms with Gasteiger partial charge in [0.1, 0.15) is 5.01 Å². The van der Waals surface area contributed by atoms with Crippen molar-refractivity contribution in [2.45, 2.75) is 0 Å². The smallest absolute Gasteiger partial charge is 0.336 e. The fraction of sp³-hybridized carbons (Fsp3) is 0. The van der Waals surface area contributed by atoms with Crippen LogP contribution >= 0.6 is 11.3 Å². The van der Waals surface area contributed by atoms with Crippen LogP contribution in [0, 0.1) is 0 Å². The zero-order chi connectivity index (χ0) is 9.97. The molecule has 0 aliphatic carbocycles. The molecule has 1 aromatic carbocycles. The summed E-state index contributed by atoms with van der Waals surface area (Å²) in [5, 5.41) is 11.5. The van der Waals surface area contributed by atoms with Gasteiger partial charge in [-0.3, -0.25) is 0 Å². The van der Waals surface area contributed by atoms with Crippen LogP contribution in [0.5, 0.6) is 0 Å². The molecule has 0 saturated carbocycles. The van der Waals surface area contributed by atoms with Crippen molar-refractivity contribution >= 4 is 17.3 Å². The van der Waals surface area contributed by atoms with E-state index >= 15 is 0 Å². The largest absolute Gasteiger partial charge is 0.478 e. The van der Waals surface area contributed by atoms with Gasteiger partial charge in [0.25, 0.3) is 0 Å². The number of carbonyl (C=O) groups is 1. The topological polar surface area (TPSA) is 50.2 Å². The number of aromatic carboxylic acids is 1. The van der Waals surface area contributed by atoms with E-state index in [4.69, 9.17) is 5.11 Å². The fourth-order valence-corrected chi connectivity index (χ4v) is 1.89. The van der Waals surface area contributed by atoms with Crippen molar-refractivity contribution in [3.63, 3.8) is 0 Å². The molecule has 0 spiro atoms. The average molecular weight is 205 g/mol. The van der Waals surface area contributed by atoms with Crippen LogP contribution in [0.4, 0.5) is 0 Å². The van der Waals surface area contributed by atoms with Crippen molar-refractivity contribution in [3.05, 3.63) is 41.4 Å². The molecular weight excluding hydrogens is 198 g/mol. The standard InChI is InChI=1S/C10H7NO2S/c12-10(13)8-4-2-1-3-7(8)9-11-5-6-14-9/h1-6H,(H,12,13). The maximum atomic E-state index is 10.9. The SMILES string of the molecule is O=C(O)c1ccccc1-c1nccs1. The lowest BCUT2D eigenvalue weighted by Gasteiger charge is -2.00. The summed E-state index contributed by atoms with van der Waals surface area (Å²) in [7, 11) is 0. The molecule has 0 bridgehead atoms. The molecule has 0 aliphatic rings. The maximum Gasteiger partial charge on any atom is 0.336 e. The van der Waals surface area contributed by atoms with Gasteiger partial charge in [-0.1, -0.05) is 18.2 Å². The van der Waals surface area contributed by atoms with Crippen LogP contribution in [0.1, 0.15) is 10.4 Å². The van der Waals surface area contributed by atoms with Gasteiger partial charge in [0.05, 0.1) is 5.56 Å². The minimum Gasteiger partial charge on any atom is -0.478 e. The second kappa shape index (κ2) is 3.59. The number of aromatic nitrogens is 1. The Morgan fingerprint density at radius 2 is 2.14 bits per heavy atom. The highest BCUT2D eigenvalue weighted by Gasteiger charge is 2.11. The molecule has 0 unspecified atom stereocenters. The van der Waals surface area contributed by atoms with E-state index in [1.807, 2.05) is 11.4 Å².